The van der Waals surface area contributed by atoms with Crippen LogP contribution in [0.25, 0.3) is 10.9 Å². The van der Waals surface area contributed by atoms with Crippen molar-refractivity contribution in [2.45, 2.75) is 13.0 Å². The third-order valence-electron chi connectivity index (χ3n) is 2.59. The number of fused-ring (bicyclic) bond motifs is 1. The summed E-state index contributed by atoms with van der Waals surface area (Å²) in [5.41, 5.74) is 1.63. The minimum atomic E-state index is 0.0769. The summed E-state index contributed by atoms with van der Waals surface area (Å²) in [7, 11) is 1.65. The highest BCUT2D eigenvalue weighted by Crippen LogP contribution is 2.25. The van der Waals surface area contributed by atoms with E-state index >= 15 is 0 Å². The molecular formula is C13H16N2O2. The summed E-state index contributed by atoms with van der Waals surface area (Å²) in [6, 6.07) is 7.81. The molecule has 2 rings (SSSR count). The molecule has 0 bridgehead atoms. The minimum Gasteiger partial charge on any atom is -0.494 e. The van der Waals surface area contributed by atoms with Crippen LogP contribution in [0.3, 0.4) is 0 Å². The lowest BCUT2D eigenvalue weighted by Gasteiger charge is -2.02. The maximum atomic E-state index is 9.80. The highest BCUT2D eigenvalue weighted by Gasteiger charge is 2.08. The van der Waals surface area contributed by atoms with Crippen LogP contribution in [0.4, 0.5) is 0 Å². The molecule has 1 atom stereocenters. The first-order chi connectivity index (χ1) is 8.22. The van der Waals surface area contributed by atoms with E-state index in [0.717, 1.165) is 16.5 Å². The third-order valence-corrected chi connectivity index (χ3v) is 2.59. The lowest BCUT2D eigenvalue weighted by Crippen LogP contribution is -2.06. The van der Waals surface area contributed by atoms with Gasteiger partial charge in [0.05, 0.1) is 18.2 Å². The molecule has 2 N–H and O–H groups in total. The molecule has 0 radical (unpaired) electrons. The largest absolute Gasteiger partial charge is 0.494 e. The molecule has 0 aliphatic rings. The van der Waals surface area contributed by atoms with Crippen LogP contribution in [0.2, 0.25) is 0 Å². The third kappa shape index (κ3) is 2.47. The van der Waals surface area contributed by atoms with Crippen LogP contribution in [-0.4, -0.2) is 36.1 Å². The van der Waals surface area contributed by atoms with Crippen LogP contribution in [-0.2, 0) is 4.74 Å². The number of para-hydroxylation sites is 1. The molecule has 0 saturated carbocycles. The Morgan fingerprint density at radius 1 is 1.47 bits per heavy atom. The van der Waals surface area contributed by atoms with E-state index in [2.05, 4.69) is 9.98 Å². The second-order valence-corrected chi connectivity index (χ2v) is 4.02. The number of hydrogen-bond donors (Lipinski definition) is 2. The van der Waals surface area contributed by atoms with Gasteiger partial charge in [0, 0.05) is 24.2 Å². The molecule has 0 aliphatic heterocycles. The fourth-order valence-corrected chi connectivity index (χ4v) is 1.77. The smallest absolute Gasteiger partial charge is 0.198 e. The maximum absolute atomic E-state index is 9.80. The number of benzene rings is 1. The summed E-state index contributed by atoms with van der Waals surface area (Å²) in [5.74, 6) is 0.152. The van der Waals surface area contributed by atoms with Gasteiger partial charge in [-0.25, -0.2) is 0 Å². The van der Waals surface area contributed by atoms with Gasteiger partial charge in [-0.05, 0) is 13.0 Å². The number of nitrogens with one attached hydrogen (secondary N) is 1. The predicted octanol–water partition coefficient (Wildman–Crippen LogP) is 2.33. The summed E-state index contributed by atoms with van der Waals surface area (Å²) in [6.07, 6.45) is 1.69. The number of aromatic hydroxyl groups is 1. The molecular weight excluding hydrogens is 216 g/mol. The second kappa shape index (κ2) is 5.01. The minimum absolute atomic E-state index is 0.0769. The zero-order valence-corrected chi connectivity index (χ0v) is 9.97. The van der Waals surface area contributed by atoms with Crippen molar-refractivity contribution in [2.24, 2.45) is 4.99 Å². The molecule has 1 unspecified atom stereocenters. The molecule has 4 heteroatoms. The monoisotopic (exact) mass is 232 g/mol. The Morgan fingerprint density at radius 2 is 2.24 bits per heavy atom. The van der Waals surface area contributed by atoms with Gasteiger partial charge < -0.3 is 14.8 Å². The van der Waals surface area contributed by atoms with Crippen molar-refractivity contribution in [3.63, 3.8) is 0 Å². The van der Waals surface area contributed by atoms with Crippen molar-refractivity contribution >= 4 is 17.1 Å². The van der Waals surface area contributed by atoms with E-state index in [1.165, 1.54) is 0 Å². The molecule has 0 amide bonds. The molecule has 1 aromatic carbocycles. The summed E-state index contributed by atoms with van der Waals surface area (Å²) in [6.45, 7) is 2.53. The van der Waals surface area contributed by atoms with E-state index < -0.39 is 0 Å². The summed E-state index contributed by atoms with van der Waals surface area (Å²) in [5, 5.41) is 10.8. The first kappa shape index (κ1) is 11.7. The zero-order valence-electron chi connectivity index (χ0n) is 9.97. The Balaban J connectivity index is 2.32. The van der Waals surface area contributed by atoms with Crippen LogP contribution >= 0.6 is 0 Å². The van der Waals surface area contributed by atoms with Crippen LogP contribution in [0.1, 0.15) is 12.5 Å². The second-order valence-electron chi connectivity index (χ2n) is 4.02. The van der Waals surface area contributed by atoms with Gasteiger partial charge in [0.1, 0.15) is 0 Å². The molecule has 17 heavy (non-hydrogen) atoms. The predicted molar refractivity (Wildman–Crippen MR) is 68.9 cm³/mol. The van der Waals surface area contributed by atoms with E-state index in [-0.39, 0.29) is 11.9 Å². The van der Waals surface area contributed by atoms with Gasteiger partial charge in [0.25, 0.3) is 0 Å². The van der Waals surface area contributed by atoms with E-state index in [9.17, 15) is 5.11 Å². The quantitative estimate of drug-likeness (QED) is 0.795. The van der Waals surface area contributed by atoms with E-state index in [0.29, 0.717) is 6.61 Å². The Morgan fingerprint density at radius 3 is 3.00 bits per heavy atom. The number of hydrogen-bond acceptors (Lipinski definition) is 3. The first-order valence-corrected chi connectivity index (χ1v) is 5.54. The number of nitrogens with zero attached hydrogens (tertiary/aromatic N) is 1. The van der Waals surface area contributed by atoms with Crippen LogP contribution < -0.4 is 0 Å². The summed E-state index contributed by atoms with van der Waals surface area (Å²) >= 11 is 0. The summed E-state index contributed by atoms with van der Waals surface area (Å²) in [4.78, 5) is 7.25. The first-order valence-electron chi connectivity index (χ1n) is 5.54. The fourth-order valence-electron chi connectivity index (χ4n) is 1.77. The Kier molecular flexibility index (Phi) is 3.44. The lowest BCUT2D eigenvalue weighted by molar-refractivity contribution is 0.186. The molecule has 1 aromatic heterocycles. The van der Waals surface area contributed by atoms with Crippen molar-refractivity contribution in [3.8, 4) is 5.88 Å². The number of ether oxygens (including phenoxy) is 1. The Hall–Kier alpha value is -1.81. The summed E-state index contributed by atoms with van der Waals surface area (Å²) < 4.78 is 5.01. The highest BCUT2D eigenvalue weighted by molar-refractivity contribution is 6.01. The number of aromatic amines is 1. The molecule has 1 heterocycles. The number of aromatic nitrogens is 1. The van der Waals surface area contributed by atoms with E-state index in [1.54, 1.807) is 13.3 Å². The average molecular weight is 232 g/mol. The van der Waals surface area contributed by atoms with Crippen molar-refractivity contribution in [1.82, 2.24) is 4.98 Å². The van der Waals surface area contributed by atoms with E-state index in [1.807, 2.05) is 31.2 Å². The molecule has 4 nitrogen and oxygen atoms in total. The number of methoxy groups -OCH3 is 1. The highest BCUT2D eigenvalue weighted by atomic mass is 16.5. The van der Waals surface area contributed by atoms with Gasteiger partial charge in [-0.1, -0.05) is 18.2 Å². The lowest BCUT2D eigenvalue weighted by atomic mass is 10.2. The number of rotatable bonds is 4. The molecule has 0 saturated heterocycles. The SMILES string of the molecule is COCC(C)N=Cc1c(O)[nH]c2ccccc12. The maximum Gasteiger partial charge on any atom is 0.198 e. The molecule has 0 spiro atoms. The molecule has 90 valence electrons. The van der Waals surface area contributed by atoms with Crippen molar-refractivity contribution in [2.75, 3.05) is 13.7 Å². The zero-order chi connectivity index (χ0) is 12.3. The average Bonchev–Trinajstić information content (AvgIpc) is 2.62. The number of H-pyrrole nitrogens is 1. The van der Waals surface area contributed by atoms with Gasteiger partial charge in [-0.3, -0.25) is 4.99 Å². The molecule has 0 fully saturated rings. The van der Waals surface area contributed by atoms with Gasteiger partial charge in [-0.15, -0.1) is 0 Å². The van der Waals surface area contributed by atoms with Gasteiger partial charge in [0.2, 0.25) is 0 Å². The van der Waals surface area contributed by atoms with Crippen molar-refractivity contribution in [3.05, 3.63) is 29.8 Å². The van der Waals surface area contributed by atoms with Crippen molar-refractivity contribution in [1.29, 1.82) is 0 Å². The fraction of sp³-hybridized carbons (Fsp3) is 0.308. The van der Waals surface area contributed by atoms with Gasteiger partial charge in [0.15, 0.2) is 5.88 Å². The van der Waals surface area contributed by atoms with Gasteiger partial charge >= 0.3 is 0 Å². The Bertz CT molecular complexity index is 531. The Labute approximate surface area is 100.0 Å². The van der Waals surface area contributed by atoms with Crippen LogP contribution in [0, 0.1) is 0 Å². The number of aliphatic imine (C=N–C) groups is 1. The van der Waals surface area contributed by atoms with Crippen molar-refractivity contribution < 1.29 is 9.84 Å². The van der Waals surface area contributed by atoms with E-state index in [4.69, 9.17) is 4.74 Å². The normalized spacial score (nSPS) is 13.5. The topological polar surface area (TPSA) is 57.6 Å². The molecule has 2 aromatic rings. The van der Waals surface area contributed by atoms with Gasteiger partial charge in [-0.2, -0.15) is 0 Å². The van der Waals surface area contributed by atoms with Crippen LogP contribution in [0.15, 0.2) is 29.3 Å². The van der Waals surface area contributed by atoms with Crippen LogP contribution in [0.5, 0.6) is 5.88 Å². The standard InChI is InChI=1S/C13H16N2O2/c1-9(8-17-2)14-7-11-10-5-3-4-6-12(10)15-13(11)16/h3-7,9,15-16H,8H2,1-2H3. The molecule has 0 aliphatic carbocycles.